The lowest BCUT2D eigenvalue weighted by Gasteiger charge is -2.54. The number of hydrogen-bond donors (Lipinski definition) is 0. The average molecular weight is 445 g/mol. The molecule has 1 amide bonds. The molecule has 2 bridgehead atoms. The number of hydrogen-bond acceptors (Lipinski definition) is 5. The molecule has 0 aromatic carbocycles. The van der Waals surface area contributed by atoms with Crippen molar-refractivity contribution in [2.45, 2.75) is 51.1 Å². The number of carbonyl (C=O) groups is 1. The van der Waals surface area contributed by atoms with E-state index in [1.165, 1.54) is 5.57 Å². The summed E-state index contributed by atoms with van der Waals surface area (Å²) in [6.07, 6.45) is 7.26. The maximum atomic E-state index is 15.3. The van der Waals surface area contributed by atoms with Gasteiger partial charge in [-0.05, 0) is 37.8 Å². The first-order chi connectivity index (χ1) is 15.3. The minimum atomic E-state index is -3.12. The van der Waals surface area contributed by atoms with Gasteiger partial charge < -0.3 is 19.4 Å². The van der Waals surface area contributed by atoms with Gasteiger partial charge in [0.05, 0.1) is 49.4 Å². The van der Waals surface area contributed by atoms with Crippen LogP contribution in [0.3, 0.4) is 0 Å². The van der Waals surface area contributed by atoms with E-state index in [-0.39, 0.29) is 24.4 Å². The number of morpholine rings is 1. The number of amides is 1. The van der Waals surface area contributed by atoms with Gasteiger partial charge in [-0.25, -0.2) is 8.78 Å². The molecule has 3 fully saturated rings. The number of alkyl halides is 2. The predicted octanol–water partition coefficient (Wildman–Crippen LogP) is 3.81. The molecule has 0 spiro atoms. The van der Waals surface area contributed by atoms with Crippen LogP contribution in [0.1, 0.15) is 33.1 Å². The Kier molecular flexibility index (Phi) is 5.23. The maximum Gasteiger partial charge on any atom is 0.276 e. The largest absolute Gasteiger partial charge is 0.377 e. The lowest BCUT2D eigenvalue weighted by Crippen LogP contribution is -2.68. The zero-order chi connectivity index (χ0) is 22.6. The highest BCUT2D eigenvalue weighted by Gasteiger charge is 2.55. The molecule has 0 saturated carbocycles. The number of piperidine rings is 1. The van der Waals surface area contributed by atoms with Crippen molar-refractivity contribution in [3.8, 4) is 0 Å². The van der Waals surface area contributed by atoms with Crippen molar-refractivity contribution < 1.29 is 18.3 Å². The van der Waals surface area contributed by atoms with Gasteiger partial charge in [-0.1, -0.05) is 13.5 Å². The first-order valence-corrected chi connectivity index (χ1v) is 11.4. The highest BCUT2D eigenvalue weighted by molar-refractivity contribution is 5.82. The molecule has 4 unspecified atom stereocenters. The normalized spacial score (nSPS) is 31.4. The molecule has 6 nitrogen and oxygen atoms in total. The lowest BCUT2D eigenvalue weighted by atomic mass is 9.85. The number of pyridine rings is 1. The van der Waals surface area contributed by atoms with Gasteiger partial charge >= 0.3 is 0 Å². The molecule has 5 heterocycles. The second-order valence-corrected chi connectivity index (χ2v) is 9.41. The van der Waals surface area contributed by atoms with E-state index in [2.05, 4.69) is 25.4 Å². The van der Waals surface area contributed by atoms with Crippen LogP contribution in [0.15, 0.2) is 42.5 Å². The van der Waals surface area contributed by atoms with Crippen LogP contribution in [0.2, 0.25) is 0 Å². The molecule has 5 rings (SSSR count). The van der Waals surface area contributed by atoms with Crippen LogP contribution in [0.5, 0.6) is 0 Å². The topological polar surface area (TPSA) is 48.9 Å². The molecule has 172 valence electrons. The van der Waals surface area contributed by atoms with Gasteiger partial charge in [-0.3, -0.25) is 9.78 Å². The molecule has 8 heteroatoms. The van der Waals surface area contributed by atoms with Crippen LogP contribution >= 0.6 is 0 Å². The second-order valence-electron chi connectivity index (χ2n) is 9.41. The highest BCUT2D eigenvalue weighted by atomic mass is 19.3. The summed E-state index contributed by atoms with van der Waals surface area (Å²) in [7, 11) is 0. The standard InChI is InChI=1S/C24H30F2N4O2/c1-4-19-15(2)11-29(16(19)3)21-5-7-27-10-22(21)28-8-6-20(24(25,26)14-28)23(31)30-17-9-18(30)13-32-12-17/h5,7,10-11,17-20H,3-4,6,8-9,12-14H2,1-2H3. The monoisotopic (exact) mass is 444 g/mol. The Labute approximate surface area is 187 Å². The third kappa shape index (κ3) is 3.31. The first kappa shape index (κ1) is 21.4. The van der Waals surface area contributed by atoms with Crippen molar-refractivity contribution in [2.75, 3.05) is 36.1 Å². The zero-order valence-corrected chi connectivity index (χ0v) is 18.6. The van der Waals surface area contributed by atoms with Crippen LogP contribution in [-0.4, -0.2) is 60.1 Å². The molecule has 1 aromatic rings. The van der Waals surface area contributed by atoms with Crippen LogP contribution in [0, 0.1) is 11.8 Å². The third-order valence-corrected chi connectivity index (χ3v) is 7.48. The molecular formula is C24H30F2N4O2. The second kappa shape index (κ2) is 7.83. The third-order valence-electron chi connectivity index (χ3n) is 7.48. The number of fused-ring (bicyclic) bond motifs is 2. The molecule has 0 radical (unpaired) electrons. The van der Waals surface area contributed by atoms with E-state index < -0.39 is 24.3 Å². The molecule has 3 saturated heterocycles. The molecular weight excluding hydrogens is 414 g/mol. The first-order valence-electron chi connectivity index (χ1n) is 11.4. The molecule has 32 heavy (non-hydrogen) atoms. The van der Waals surface area contributed by atoms with Crippen molar-refractivity contribution in [1.29, 1.82) is 0 Å². The summed E-state index contributed by atoms with van der Waals surface area (Å²) < 4.78 is 36.1. The number of aromatic nitrogens is 1. The Morgan fingerprint density at radius 2 is 2.06 bits per heavy atom. The Morgan fingerprint density at radius 1 is 1.31 bits per heavy atom. The van der Waals surface area contributed by atoms with Crippen LogP contribution in [-0.2, 0) is 9.53 Å². The van der Waals surface area contributed by atoms with E-state index in [0.29, 0.717) is 25.4 Å². The van der Waals surface area contributed by atoms with E-state index in [9.17, 15) is 4.79 Å². The lowest BCUT2D eigenvalue weighted by molar-refractivity contribution is -0.184. The van der Waals surface area contributed by atoms with Gasteiger partial charge in [0, 0.05) is 30.6 Å². The van der Waals surface area contributed by atoms with Gasteiger partial charge in [0.15, 0.2) is 0 Å². The number of ether oxygens (including phenoxy) is 1. The Balaban J connectivity index is 1.36. The van der Waals surface area contributed by atoms with Crippen molar-refractivity contribution in [2.24, 2.45) is 11.8 Å². The number of nitrogens with zero attached hydrogens (tertiary/aromatic N) is 4. The fourth-order valence-electron chi connectivity index (χ4n) is 5.74. The maximum absolute atomic E-state index is 15.3. The summed E-state index contributed by atoms with van der Waals surface area (Å²) in [6, 6.07) is 1.77. The Morgan fingerprint density at radius 3 is 2.69 bits per heavy atom. The van der Waals surface area contributed by atoms with Crippen molar-refractivity contribution in [3.63, 3.8) is 0 Å². The highest BCUT2D eigenvalue weighted by Crippen LogP contribution is 2.44. The van der Waals surface area contributed by atoms with E-state index in [1.807, 2.05) is 17.2 Å². The summed E-state index contributed by atoms with van der Waals surface area (Å²) in [4.78, 5) is 22.5. The fraction of sp³-hybridized carbons (Fsp3) is 0.583. The van der Waals surface area contributed by atoms with Crippen molar-refractivity contribution in [1.82, 2.24) is 9.88 Å². The Hall–Kier alpha value is -2.48. The smallest absolute Gasteiger partial charge is 0.276 e. The average Bonchev–Trinajstić information content (AvgIpc) is 3.06. The Bertz CT molecular complexity index is 951. The van der Waals surface area contributed by atoms with Crippen LogP contribution in [0.25, 0.3) is 0 Å². The summed E-state index contributed by atoms with van der Waals surface area (Å²) in [5, 5.41) is 0. The SMILES string of the molecule is C=C1C(CC)C(C)=CN1c1ccncc1N1CCC(C(=O)N2C3COCC2C3)C(F)(F)C1. The minimum absolute atomic E-state index is 0.0391. The number of carbonyl (C=O) groups excluding carboxylic acids is 1. The number of allylic oxidation sites excluding steroid dienone is 1. The van der Waals surface area contributed by atoms with Gasteiger partial charge in [-0.15, -0.1) is 0 Å². The van der Waals surface area contributed by atoms with E-state index in [0.717, 1.165) is 24.2 Å². The van der Waals surface area contributed by atoms with Crippen LogP contribution in [0.4, 0.5) is 20.2 Å². The predicted molar refractivity (Wildman–Crippen MR) is 119 cm³/mol. The van der Waals surface area contributed by atoms with Crippen molar-refractivity contribution >= 4 is 17.3 Å². The molecule has 1 aromatic heterocycles. The molecule has 4 atom stereocenters. The molecule has 0 N–H and O–H groups in total. The van der Waals surface area contributed by atoms with Gasteiger partial charge in [-0.2, -0.15) is 0 Å². The van der Waals surface area contributed by atoms with Gasteiger partial charge in [0.1, 0.15) is 5.92 Å². The van der Waals surface area contributed by atoms with E-state index in [4.69, 9.17) is 4.74 Å². The summed E-state index contributed by atoms with van der Waals surface area (Å²) >= 11 is 0. The summed E-state index contributed by atoms with van der Waals surface area (Å²) in [5.74, 6) is -4.56. The van der Waals surface area contributed by atoms with E-state index >= 15 is 8.78 Å². The quantitative estimate of drug-likeness (QED) is 0.707. The fourth-order valence-corrected chi connectivity index (χ4v) is 5.74. The van der Waals surface area contributed by atoms with E-state index in [1.54, 1.807) is 22.2 Å². The molecule has 4 aliphatic heterocycles. The molecule has 4 aliphatic rings. The zero-order valence-electron chi connectivity index (χ0n) is 18.6. The summed E-state index contributed by atoms with van der Waals surface area (Å²) in [5.41, 5.74) is 3.60. The number of anilines is 2. The number of rotatable bonds is 4. The molecule has 0 aliphatic carbocycles. The van der Waals surface area contributed by atoms with Crippen LogP contribution < -0.4 is 9.80 Å². The van der Waals surface area contributed by atoms with Gasteiger partial charge in [0.25, 0.3) is 5.92 Å². The summed E-state index contributed by atoms with van der Waals surface area (Å²) in [6.45, 7) is 9.23. The number of halogens is 2. The van der Waals surface area contributed by atoms with Crippen molar-refractivity contribution in [3.05, 3.63) is 42.5 Å². The van der Waals surface area contributed by atoms with Gasteiger partial charge in [0.2, 0.25) is 5.91 Å². The minimum Gasteiger partial charge on any atom is -0.377 e.